The van der Waals surface area contributed by atoms with Crippen molar-refractivity contribution in [1.82, 2.24) is 9.22 Å². The molecule has 2 aromatic carbocycles. The number of aromatic nitrogens is 2. The van der Waals surface area contributed by atoms with Crippen molar-refractivity contribution in [3.05, 3.63) is 83.3 Å². The Hall–Kier alpha value is -3.22. The molecule has 38 heavy (non-hydrogen) atoms. The third-order valence-electron chi connectivity index (χ3n) is 7.74. The number of hydrogen-bond acceptors (Lipinski definition) is 3. The van der Waals surface area contributed by atoms with Crippen LogP contribution in [0.25, 0.3) is 22.0 Å². The summed E-state index contributed by atoms with van der Waals surface area (Å²) >= 11 is 6.06. The van der Waals surface area contributed by atoms with Gasteiger partial charge in [0.05, 0.1) is 0 Å². The first-order valence-corrected chi connectivity index (χ1v) is 15.7. The summed E-state index contributed by atoms with van der Waals surface area (Å²) in [4.78, 5) is 29.4. The van der Waals surface area contributed by atoms with Crippen molar-refractivity contribution in [2.75, 3.05) is 5.32 Å². The number of pyridine rings is 1. The molecule has 0 aliphatic heterocycles. The Morgan fingerprint density at radius 3 is 2.18 bits per heavy atom. The Labute approximate surface area is 231 Å². The lowest BCUT2D eigenvalue weighted by Gasteiger charge is -2.44. The number of carbonyl (C=O) groups excluding carboxylic acids is 2. The molecular formula is C31H36ClN3O2Si. The molecule has 0 fully saturated rings. The van der Waals surface area contributed by atoms with E-state index in [1.54, 1.807) is 18.2 Å². The van der Waals surface area contributed by atoms with Gasteiger partial charge < -0.3 is 9.55 Å². The number of nitrogens with zero attached hydrogens (tertiary/aromatic N) is 2. The largest absolute Gasteiger partial charge is 0.373 e. The summed E-state index contributed by atoms with van der Waals surface area (Å²) in [7, 11) is -1.96. The molecule has 198 valence electrons. The number of carbonyl (C=O) groups is 2. The highest BCUT2D eigenvalue weighted by molar-refractivity contribution is 6.82. The quantitative estimate of drug-likeness (QED) is 0.137. The fourth-order valence-electron chi connectivity index (χ4n) is 6.49. The molecule has 0 bridgehead atoms. The molecule has 7 heteroatoms. The summed E-state index contributed by atoms with van der Waals surface area (Å²) in [5.41, 5.74) is 6.27. The Kier molecular flexibility index (Phi) is 7.95. The topological polar surface area (TPSA) is 64.0 Å². The minimum absolute atomic E-state index is 0.182. The van der Waals surface area contributed by atoms with Crippen LogP contribution in [0.1, 0.15) is 64.4 Å². The molecule has 5 nitrogen and oxygen atoms in total. The van der Waals surface area contributed by atoms with Crippen molar-refractivity contribution in [2.45, 2.75) is 65.1 Å². The Morgan fingerprint density at radius 2 is 1.58 bits per heavy atom. The number of fused-ring (bicyclic) bond motifs is 1. The van der Waals surface area contributed by atoms with E-state index in [-0.39, 0.29) is 16.8 Å². The van der Waals surface area contributed by atoms with Crippen molar-refractivity contribution in [3.63, 3.8) is 0 Å². The molecule has 2 aromatic heterocycles. The molecule has 4 aromatic rings. The van der Waals surface area contributed by atoms with E-state index in [9.17, 15) is 9.59 Å². The van der Waals surface area contributed by atoms with Crippen LogP contribution in [0, 0.1) is 0 Å². The van der Waals surface area contributed by atoms with Gasteiger partial charge in [-0.25, -0.2) is 4.98 Å². The van der Waals surface area contributed by atoms with Gasteiger partial charge >= 0.3 is 0 Å². The highest BCUT2D eigenvalue weighted by Crippen LogP contribution is 2.45. The van der Waals surface area contributed by atoms with Crippen LogP contribution < -0.4 is 5.32 Å². The zero-order chi connectivity index (χ0) is 27.8. The van der Waals surface area contributed by atoms with E-state index in [4.69, 9.17) is 11.6 Å². The van der Waals surface area contributed by atoms with Gasteiger partial charge in [0.2, 0.25) is 5.91 Å². The second kappa shape index (κ2) is 10.9. The summed E-state index contributed by atoms with van der Waals surface area (Å²) in [6, 6.07) is 17.3. The van der Waals surface area contributed by atoms with Crippen LogP contribution in [0.2, 0.25) is 21.8 Å². The van der Waals surface area contributed by atoms with Gasteiger partial charge in [0, 0.05) is 40.8 Å². The maximum absolute atomic E-state index is 13.4. The predicted octanol–water partition coefficient (Wildman–Crippen LogP) is 8.57. The van der Waals surface area contributed by atoms with E-state index < -0.39 is 8.24 Å². The number of anilines is 1. The van der Waals surface area contributed by atoms with Gasteiger partial charge in [-0.1, -0.05) is 65.3 Å². The van der Waals surface area contributed by atoms with Gasteiger partial charge in [0.1, 0.15) is 5.15 Å². The SMILES string of the molecule is CC(=O)Nc1cc(C(=O)c2ccnc(Cl)c2)cc(-c2cccc3c2ccn3[Si](C(C)C)(C(C)C)C(C)C)c1. The Bertz CT molecular complexity index is 1480. The van der Waals surface area contributed by atoms with E-state index in [1.807, 2.05) is 12.1 Å². The van der Waals surface area contributed by atoms with E-state index >= 15 is 0 Å². The monoisotopic (exact) mass is 545 g/mol. The van der Waals surface area contributed by atoms with Crippen LogP contribution in [0.5, 0.6) is 0 Å². The first-order chi connectivity index (χ1) is 18.0. The molecule has 1 N–H and O–H groups in total. The third kappa shape index (κ3) is 4.95. The van der Waals surface area contributed by atoms with Crippen LogP contribution in [0.4, 0.5) is 5.69 Å². The molecule has 2 heterocycles. The molecule has 0 spiro atoms. The van der Waals surface area contributed by atoms with Crippen molar-refractivity contribution in [2.24, 2.45) is 0 Å². The van der Waals surface area contributed by atoms with E-state index in [1.165, 1.54) is 18.6 Å². The van der Waals surface area contributed by atoms with E-state index in [0.29, 0.717) is 33.4 Å². The third-order valence-corrected chi connectivity index (χ3v) is 14.7. The van der Waals surface area contributed by atoms with Crippen LogP contribution >= 0.6 is 11.6 Å². The molecule has 0 unspecified atom stereocenters. The molecule has 0 saturated heterocycles. The molecular weight excluding hydrogens is 510 g/mol. The Morgan fingerprint density at radius 1 is 0.895 bits per heavy atom. The summed E-state index contributed by atoms with van der Waals surface area (Å²) in [5, 5.41) is 4.26. The molecule has 0 aliphatic carbocycles. The summed E-state index contributed by atoms with van der Waals surface area (Å²) in [6.07, 6.45) is 3.79. The predicted molar refractivity (Wildman–Crippen MR) is 161 cm³/mol. The molecule has 1 amide bonds. The van der Waals surface area contributed by atoms with Gasteiger partial charge in [0.15, 0.2) is 14.0 Å². The number of benzene rings is 2. The number of hydrogen-bond donors (Lipinski definition) is 1. The Balaban J connectivity index is 1.93. The normalized spacial score (nSPS) is 12.1. The summed E-state index contributed by atoms with van der Waals surface area (Å²) < 4.78 is 2.59. The van der Waals surface area contributed by atoms with Gasteiger partial charge in [-0.15, -0.1) is 0 Å². The molecule has 0 saturated carbocycles. The zero-order valence-electron chi connectivity index (χ0n) is 23.2. The average Bonchev–Trinajstić information content (AvgIpc) is 3.27. The maximum atomic E-state index is 13.4. The minimum atomic E-state index is -1.96. The second-order valence-electron chi connectivity index (χ2n) is 11.0. The first-order valence-electron chi connectivity index (χ1n) is 13.2. The van der Waals surface area contributed by atoms with Crippen LogP contribution in [-0.2, 0) is 4.79 Å². The number of halogens is 1. The van der Waals surface area contributed by atoms with Crippen molar-refractivity contribution in [1.29, 1.82) is 0 Å². The first kappa shape index (κ1) is 27.8. The van der Waals surface area contributed by atoms with Crippen molar-refractivity contribution in [3.8, 4) is 11.1 Å². The minimum Gasteiger partial charge on any atom is -0.373 e. The van der Waals surface area contributed by atoms with Crippen LogP contribution in [0.3, 0.4) is 0 Å². The fourth-order valence-corrected chi connectivity index (χ4v) is 13.3. The zero-order valence-corrected chi connectivity index (χ0v) is 24.9. The van der Waals surface area contributed by atoms with Gasteiger partial charge in [-0.3, -0.25) is 9.59 Å². The maximum Gasteiger partial charge on any atom is 0.221 e. The van der Waals surface area contributed by atoms with Gasteiger partial charge in [0.25, 0.3) is 0 Å². The molecule has 4 rings (SSSR count). The number of nitrogens with one attached hydrogen (secondary N) is 1. The smallest absolute Gasteiger partial charge is 0.221 e. The van der Waals surface area contributed by atoms with Crippen LogP contribution in [0.15, 0.2) is 67.0 Å². The summed E-state index contributed by atoms with van der Waals surface area (Å²) in [6.45, 7) is 15.6. The van der Waals surface area contributed by atoms with E-state index in [2.05, 4.69) is 86.5 Å². The van der Waals surface area contributed by atoms with Gasteiger partial charge in [-0.05, 0) is 76.4 Å². The lowest BCUT2D eigenvalue weighted by atomic mass is 9.96. The average molecular weight is 546 g/mol. The number of amides is 1. The fraction of sp³-hybridized carbons (Fsp3) is 0.323. The second-order valence-corrected chi connectivity index (χ2v) is 17.1. The van der Waals surface area contributed by atoms with E-state index in [0.717, 1.165) is 16.5 Å². The van der Waals surface area contributed by atoms with Crippen molar-refractivity contribution >= 4 is 48.1 Å². The standard InChI is InChI=1S/C31H36ClN3O2Si/c1-19(2)38(20(3)4,21(5)6)35-14-12-28-27(9-8-10-29(28)35)24-15-25(17-26(16-24)34-22(7)36)31(37)23-11-13-33-30(32)18-23/h8-21H,1-7H3,(H,34,36). The van der Waals surface area contributed by atoms with Crippen LogP contribution in [-0.4, -0.2) is 29.1 Å². The lowest BCUT2D eigenvalue weighted by molar-refractivity contribution is -0.114. The number of rotatable bonds is 8. The van der Waals surface area contributed by atoms with Crippen molar-refractivity contribution < 1.29 is 9.59 Å². The summed E-state index contributed by atoms with van der Waals surface area (Å²) in [5.74, 6) is -0.378. The molecule has 0 aliphatic rings. The highest BCUT2D eigenvalue weighted by atomic mass is 35.5. The number of ketones is 1. The highest BCUT2D eigenvalue weighted by Gasteiger charge is 2.45. The molecule has 0 atom stereocenters. The van der Waals surface area contributed by atoms with Gasteiger partial charge in [-0.2, -0.15) is 0 Å². The molecule has 0 radical (unpaired) electrons. The lowest BCUT2D eigenvalue weighted by Crippen LogP contribution is -2.51.